The quantitative estimate of drug-likeness (QED) is 0.662. The van der Waals surface area contributed by atoms with Crippen molar-refractivity contribution in [1.29, 1.82) is 0 Å². The van der Waals surface area contributed by atoms with Gasteiger partial charge in [-0.1, -0.05) is 6.07 Å². The van der Waals surface area contributed by atoms with Crippen LogP contribution >= 0.6 is 0 Å². The lowest BCUT2D eigenvalue weighted by atomic mass is 10.2. The first kappa shape index (κ1) is 9.00. The van der Waals surface area contributed by atoms with Crippen LogP contribution in [0.15, 0.2) is 18.2 Å². The van der Waals surface area contributed by atoms with Gasteiger partial charge in [0.25, 0.3) is 0 Å². The molecule has 0 amide bonds. The molecule has 0 aliphatic carbocycles. The number of benzene rings is 1. The molecule has 0 bridgehead atoms. The molecule has 12 heavy (non-hydrogen) atoms. The van der Waals surface area contributed by atoms with Crippen molar-refractivity contribution in [2.45, 2.75) is 6.54 Å². The summed E-state index contributed by atoms with van der Waals surface area (Å²) in [6.07, 6.45) is 0. The second kappa shape index (κ2) is 4.07. The van der Waals surface area contributed by atoms with Crippen LogP contribution in [0.25, 0.3) is 0 Å². The highest BCUT2D eigenvalue weighted by atomic mass is 19.1. The van der Waals surface area contributed by atoms with E-state index in [1.54, 1.807) is 17.4 Å². The molecule has 0 saturated heterocycles. The Bertz CT molecular complexity index is 263. The van der Waals surface area contributed by atoms with Gasteiger partial charge in [0.05, 0.1) is 19.2 Å². The molecular formula is C9H12FNO. The molecule has 0 atom stereocenters. The van der Waals surface area contributed by atoms with E-state index >= 15 is 0 Å². The van der Waals surface area contributed by atoms with Crippen molar-refractivity contribution in [3.05, 3.63) is 36.6 Å². The second-order valence-electron chi connectivity index (χ2n) is 2.41. The Morgan fingerprint density at radius 2 is 2.33 bits per heavy atom. The summed E-state index contributed by atoms with van der Waals surface area (Å²) in [5.74, 6) is 0.337. The topological polar surface area (TPSA) is 25.8 Å². The first-order chi connectivity index (χ1) is 5.79. The summed E-state index contributed by atoms with van der Waals surface area (Å²) in [7, 11) is 5.08. The number of quaternary nitrogens is 1. The molecule has 0 aromatic heterocycles. The molecule has 0 spiro atoms. The minimum absolute atomic E-state index is 0.241. The van der Waals surface area contributed by atoms with Gasteiger partial charge in [-0.05, 0) is 12.1 Å². The number of halogens is 1. The van der Waals surface area contributed by atoms with Gasteiger partial charge in [0.15, 0.2) is 0 Å². The number of hydrogen-bond acceptors (Lipinski definition) is 1. The van der Waals surface area contributed by atoms with E-state index in [1.165, 1.54) is 13.2 Å². The van der Waals surface area contributed by atoms with Crippen LogP contribution in [0.3, 0.4) is 0 Å². The Kier molecular flexibility index (Phi) is 3.05. The molecule has 1 rings (SSSR count). The Morgan fingerprint density at radius 3 is 2.92 bits per heavy atom. The summed E-state index contributed by atoms with van der Waals surface area (Å²) in [5.41, 5.74) is 0.565. The van der Waals surface area contributed by atoms with Gasteiger partial charge in [-0.15, -0.1) is 0 Å². The Balaban J connectivity index is 3.02. The van der Waals surface area contributed by atoms with Gasteiger partial charge in [-0.3, -0.25) is 0 Å². The van der Waals surface area contributed by atoms with Gasteiger partial charge in [0.2, 0.25) is 0 Å². The Labute approximate surface area is 71.4 Å². The zero-order valence-corrected chi connectivity index (χ0v) is 7.01. The van der Waals surface area contributed by atoms with Crippen LogP contribution < -0.4 is 10.1 Å². The fraction of sp³-hybridized carbons (Fsp3) is 0.222. The molecule has 0 heterocycles. The number of nitrogens with two attached hydrogens (primary N) is 1. The number of methoxy groups -OCH3 is 1. The molecule has 2 N–H and O–H groups in total. The summed E-state index contributed by atoms with van der Waals surface area (Å²) < 4.78 is 18.1. The summed E-state index contributed by atoms with van der Waals surface area (Å²) in [6, 6.07) is 4.78. The summed E-state index contributed by atoms with van der Waals surface area (Å²) >= 11 is 0. The van der Waals surface area contributed by atoms with Crippen LogP contribution in [-0.2, 0) is 6.54 Å². The SMILES string of the molecule is [CH2-][NH2+]Cc1c(F)cccc1OC. The average Bonchev–Trinajstić information content (AvgIpc) is 2.09. The van der Waals surface area contributed by atoms with Crippen LogP contribution in [0.2, 0.25) is 0 Å². The molecule has 0 fully saturated rings. The standard InChI is InChI=1S/C9H12FNO/c1-11-6-7-8(10)4-3-5-9(7)12-2/h3-5H,1,6,11H2,2H3. The molecule has 1 aromatic rings. The summed E-state index contributed by atoms with van der Waals surface area (Å²) in [4.78, 5) is 0. The molecule has 1 aromatic carbocycles. The Morgan fingerprint density at radius 1 is 1.58 bits per heavy atom. The van der Waals surface area contributed by atoms with E-state index in [0.29, 0.717) is 17.9 Å². The van der Waals surface area contributed by atoms with Crippen LogP contribution in [0, 0.1) is 12.9 Å². The van der Waals surface area contributed by atoms with Crippen molar-refractivity contribution in [2.24, 2.45) is 0 Å². The lowest BCUT2D eigenvalue weighted by molar-refractivity contribution is -0.612. The highest BCUT2D eigenvalue weighted by Crippen LogP contribution is 2.19. The fourth-order valence-corrected chi connectivity index (χ4v) is 1.07. The first-order valence-corrected chi connectivity index (χ1v) is 3.72. The third-order valence-electron chi connectivity index (χ3n) is 1.64. The fourth-order valence-electron chi connectivity index (χ4n) is 1.07. The van der Waals surface area contributed by atoms with Gasteiger partial charge in [0, 0.05) is 0 Å². The molecule has 0 unspecified atom stereocenters. The van der Waals surface area contributed by atoms with Crippen LogP contribution in [0.1, 0.15) is 5.56 Å². The van der Waals surface area contributed by atoms with Crippen LogP contribution in [-0.4, -0.2) is 7.11 Å². The summed E-state index contributed by atoms with van der Waals surface area (Å²) in [5, 5.41) is 1.65. The molecule has 0 aliphatic heterocycles. The summed E-state index contributed by atoms with van der Waals surface area (Å²) in [6.45, 7) is 0.496. The van der Waals surface area contributed by atoms with Crippen LogP contribution in [0.5, 0.6) is 5.75 Å². The van der Waals surface area contributed by atoms with E-state index < -0.39 is 0 Å². The van der Waals surface area contributed by atoms with E-state index in [9.17, 15) is 4.39 Å². The predicted molar refractivity (Wildman–Crippen MR) is 43.9 cm³/mol. The van der Waals surface area contributed by atoms with Crippen LogP contribution in [0.4, 0.5) is 4.39 Å². The second-order valence-corrected chi connectivity index (χ2v) is 2.41. The first-order valence-electron chi connectivity index (χ1n) is 3.72. The number of ether oxygens (including phenoxy) is 1. The third-order valence-corrected chi connectivity index (χ3v) is 1.64. The lowest BCUT2D eigenvalue weighted by Crippen LogP contribution is -2.75. The van der Waals surface area contributed by atoms with Crippen molar-refractivity contribution in [2.75, 3.05) is 7.11 Å². The zero-order chi connectivity index (χ0) is 8.97. The molecule has 3 heteroatoms. The Hall–Kier alpha value is -1.09. The van der Waals surface area contributed by atoms with Gasteiger partial charge >= 0.3 is 0 Å². The minimum atomic E-state index is -0.241. The molecule has 66 valence electrons. The maximum atomic E-state index is 13.1. The number of rotatable bonds is 3. The zero-order valence-electron chi connectivity index (χ0n) is 7.01. The molecule has 0 aliphatic rings. The van der Waals surface area contributed by atoms with Crippen molar-refractivity contribution < 1.29 is 14.4 Å². The molecule has 0 radical (unpaired) electrons. The highest BCUT2D eigenvalue weighted by molar-refractivity contribution is 5.33. The van der Waals surface area contributed by atoms with E-state index in [4.69, 9.17) is 4.74 Å². The molecule has 0 saturated carbocycles. The van der Waals surface area contributed by atoms with Gasteiger partial charge in [0.1, 0.15) is 11.6 Å². The normalized spacial score (nSPS) is 9.92. The number of hydrogen-bond donors (Lipinski definition) is 1. The van der Waals surface area contributed by atoms with Gasteiger partial charge in [-0.2, -0.15) is 7.05 Å². The van der Waals surface area contributed by atoms with E-state index in [-0.39, 0.29) is 5.82 Å². The predicted octanol–water partition coefficient (Wildman–Crippen LogP) is 0.689. The molecular weight excluding hydrogens is 157 g/mol. The third kappa shape index (κ3) is 1.74. The van der Waals surface area contributed by atoms with Gasteiger partial charge in [-0.25, -0.2) is 4.39 Å². The highest BCUT2D eigenvalue weighted by Gasteiger charge is 2.07. The maximum absolute atomic E-state index is 13.1. The minimum Gasteiger partial charge on any atom is -0.496 e. The van der Waals surface area contributed by atoms with Gasteiger partial charge < -0.3 is 10.1 Å². The van der Waals surface area contributed by atoms with Crippen molar-refractivity contribution >= 4 is 0 Å². The maximum Gasteiger partial charge on any atom is 0.135 e. The average molecular weight is 169 g/mol. The van der Waals surface area contributed by atoms with E-state index in [0.717, 1.165) is 0 Å². The van der Waals surface area contributed by atoms with Crippen molar-refractivity contribution in [1.82, 2.24) is 0 Å². The lowest BCUT2D eigenvalue weighted by Gasteiger charge is -2.08. The van der Waals surface area contributed by atoms with Crippen molar-refractivity contribution in [3.8, 4) is 5.75 Å². The smallest absolute Gasteiger partial charge is 0.135 e. The molecule has 2 nitrogen and oxygen atoms in total. The largest absolute Gasteiger partial charge is 0.496 e. The van der Waals surface area contributed by atoms with Crippen molar-refractivity contribution in [3.63, 3.8) is 0 Å². The van der Waals surface area contributed by atoms with E-state index in [1.807, 2.05) is 0 Å². The monoisotopic (exact) mass is 169 g/mol. The van der Waals surface area contributed by atoms with E-state index in [2.05, 4.69) is 7.05 Å².